The van der Waals surface area contributed by atoms with E-state index in [-0.39, 0.29) is 11.9 Å². The van der Waals surface area contributed by atoms with Gasteiger partial charge in [0, 0.05) is 31.4 Å². The number of nitrogens with zero attached hydrogens (tertiary/aromatic N) is 4. The van der Waals surface area contributed by atoms with E-state index in [1.54, 1.807) is 13.8 Å². The Hall–Kier alpha value is -2.09. The van der Waals surface area contributed by atoms with Gasteiger partial charge in [-0.25, -0.2) is 4.98 Å². The van der Waals surface area contributed by atoms with Crippen molar-refractivity contribution >= 4 is 11.7 Å². The van der Waals surface area contributed by atoms with Gasteiger partial charge in [0.05, 0.1) is 6.07 Å². The Balaban J connectivity index is 2.10. The van der Waals surface area contributed by atoms with Crippen molar-refractivity contribution in [3.05, 3.63) is 23.9 Å². The molecule has 1 aliphatic heterocycles. The predicted octanol–water partition coefficient (Wildman–Crippen LogP) is 1.98. The van der Waals surface area contributed by atoms with Crippen LogP contribution in [0.4, 0.5) is 5.82 Å². The maximum Gasteiger partial charge on any atom is 0.242 e. The van der Waals surface area contributed by atoms with E-state index in [1.807, 2.05) is 36.9 Å². The Morgan fingerprint density at radius 1 is 1.43 bits per heavy atom. The summed E-state index contributed by atoms with van der Waals surface area (Å²) in [5.41, 5.74) is 0.0298. The molecule has 5 heteroatoms. The molecule has 0 aliphatic carbocycles. The standard InChI is InChI=1S/C16H22N4O/c1-12-6-5-7-14(18-12)19-8-9-20(13(2)10-19)15(21)16(3,4)11-17/h5-7,13H,8-10H2,1-4H3/t13-/m0/s1. The molecule has 2 heterocycles. The lowest BCUT2D eigenvalue weighted by Gasteiger charge is -2.42. The number of aromatic nitrogens is 1. The van der Waals surface area contributed by atoms with Gasteiger partial charge in [-0.3, -0.25) is 4.79 Å². The van der Waals surface area contributed by atoms with E-state index in [1.165, 1.54) is 0 Å². The fourth-order valence-corrected chi connectivity index (χ4v) is 2.58. The molecule has 1 aliphatic rings. The molecule has 1 aromatic rings. The second-order valence-corrected chi connectivity index (χ2v) is 6.17. The van der Waals surface area contributed by atoms with Crippen LogP contribution in [0.3, 0.4) is 0 Å². The first kappa shape index (κ1) is 15.3. The minimum atomic E-state index is -0.960. The van der Waals surface area contributed by atoms with Crippen molar-refractivity contribution in [3.63, 3.8) is 0 Å². The summed E-state index contributed by atoms with van der Waals surface area (Å²) in [5, 5.41) is 9.12. The predicted molar refractivity (Wildman–Crippen MR) is 81.8 cm³/mol. The molecule has 0 N–H and O–H groups in total. The Morgan fingerprint density at radius 3 is 2.71 bits per heavy atom. The van der Waals surface area contributed by atoms with Crippen LogP contribution in [-0.4, -0.2) is 41.5 Å². The summed E-state index contributed by atoms with van der Waals surface area (Å²) >= 11 is 0. The molecular weight excluding hydrogens is 264 g/mol. The molecular formula is C16H22N4O. The molecule has 1 amide bonds. The topological polar surface area (TPSA) is 60.2 Å². The number of amides is 1. The zero-order chi connectivity index (χ0) is 15.6. The third-order valence-corrected chi connectivity index (χ3v) is 3.90. The van der Waals surface area contributed by atoms with Gasteiger partial charge in [-0.05, 0) is 39.8 Å². The maximum atomic E-state index is 12.4. The summed E-state index contributed by atoms with van der Waals surface area (Å²) in [6.07, 6.45) is 0. The molecule has 1 fully saturated rings. The summed E-state index contributed by atoms with van der Waals surface area (Å²) in [5.74, 6) is 0.864. The highest BCUT2D eigenvalue weighted by Gasteiger charge is 2.36. The number of carbonyl (C=O) groups excluding carboxylic acids is 1. The lowest BCUT2D eigenvalue weighted by molar-refractivity contribution is -0.140. The highest BCUT2D eigenvalue weighted by molar-refractivity contribution is 5.85. The van der Waals surface area contributed by atoms with Gasteiger partial charge in [0.15, 0.2) is 0 Å². The van der Waals surface area contributed by atoms with Crippen molar-refractivity contribution in [2.45, 2.75) is 33.7 Å². The summed E-state index contributed by atoms with van der Waals surface area (Å²) < 4.78 is 0. The van der Waals surface area contributed by atoms with E-state index in [0.29, 0.717) is 6.54 Å². The largest absolute Gasteiger partial charge is 0.353 e. The highest BCUT2D eigenvalue weighted by Crippen LogP contribution is 2.23. The van der Waals surface area contributed by atoms with Gasteiger partial charge in [0.25, 0.3) is 0 Å². The molecule has 0 spiro atoms. The van der Waals surface area contributed by atoms with E-state index in [4.69, 9.17) is 5.26 Å². The molecule has 2 rings (SSSR count). The van der Waals surface area contributed by atoms with Crippen molar-refractivity contribution in [1.82, 2.24) is 9.88 Å². The summed E-state index contributed by atoms with van der Waals surface area (Å²) in [6.45, 7) is 9.46. The van der Waals surface area contributed by atoms with Gasteiger partial charge < -0.3 is 9.80 Å². The molecule has 0 saturated carbocycles. The van der Waals surface area contributed by atoms with Gasteiger partial charge in [0.1, 0.15) is 11.2 Å². The van der Waals surface area contributed by atoms with E-state index < -0.39 is 5.41 Å². The fraction of sp³-hybridized carbons (Fsp3) is 0.562. The Bertz CT molecular complexity index is 576. The first-order valence-electron chi connectivity index (χ1n) is 7.26. The summed E-state index contributed by atoms with van der Waals surface area (Å²) in [6, 6.07) is 8.13. The second kappa shape index (κ2) is 5.72. The quantitative estimate of drug-likeness (QED) is 0.834. The number of anilines is 1. The molecule has 0 bridgehead atoms. The monoisotopic (exact) mass is 286 g/mol. The molecule has 1 atom stereocenters. The lowest BCUT2D eigenvalue weighted by atomic mass is 9.92. The van der Waals surface area contributed by atoms with Crippen LogP contribution < -0.4 is 4.90 Å². The van der Waals surface area contributed by atoms with E-state index in [0.717, 1.165) is 24.6 Å². The molecule has 5 nitrogen and oxygen atoms in total. The number of piperazine rings is 1. The number of hydrogen-bond donors (Lipinski definition) is 0. The third-order valence-electron chi connectivity index (χ3n) is 3.90. The Morgan fingerprint density at radius 2 is 2.14 bits per heavy atom. The Kier molecular flexibility index (Phi) is 4.17. The molecule has 0 aromatic carbocycles. The van der Waals surface area contributed by atoms with E-state index >= 15 is 0 Å². The smallest absolute Gasteiger partial charge is 0.242 e. The zero-order valence-corrected chi connectivity index (χ0v) is 13.1. The SMILES string of the molecule is Cc1cccc(N2CCN(C(=O)C(C)(C)C#N)[C@@H](C)C2)n1. The number of rotatable bonds is 2. The van der Waals surface area contributed by atoms with E-state index in [9.17, 15) is 4.79 Å². The molecule has 0 radical (unpaired) electrons. The van der Waals surface area contributed by atoms with Crippen LogP contribution in [0.1, 0.15) is 26.5 Å². The molecule has 1 aromatic heterocycles. The first-order valence-corrected chi connectivity index (χ1v) is 7.26. The average Bonchev–Trinajstić information content (AvgIpc) is 2.46. The summed E-state index contributed by atoms with van der Waals surface area (Å²) in [7, 11) is 0. The number of aryl methyl sites for hydroxylation is 1. The van der Waals surface area contributed by atoms with Crippen molar-refractivity contribution < 1.29 is 4.79 Å². The number of hydrogen-bond acceptors (Lipinski definition) is 4. The Labute approximate surface area is 126 Å². The van der Waals surface area contributed by atoms with Crippen LogP contribution in [0, 0.1) is 23.7 Å². The minimum absolute atomic E-state index is 0.0705. The van der Waals surface area contributed by atoms with Gasteiger partial charge >= 0.3 is 0 Å². The van der Waals surface area contributed by atoms with Crippen LogP contribution in [0.2, 0.25) is 0 Å². The number of pyridine rings is 1. The molecule has 112 valence electrons. The molecule has 1 saturated heterocycles. The third kappa shape index (κ3) is 3.15. The van der Waals surface area contributed by atoms with Gasteiger partial charge in [-0.1, -0.05) is 6.07 Å². The fourth-order valence-electron chi connectivity index (χ4n) is 2.58. The van der Waals surface area contributed by atoms with Crippen molar-refractivity contribution in [3.8, 4) is 6.07 Å². The lowest BCUT2D eigenvalue weighted by Crippen LogP contribution is -2.56. The average molecular weight is 286 g/mol. The van der Waals surface area contributed by atoms with Crippen LogP contribution in [0.25, 0.3) is 0 Å². The van der Waals surface area contributed by atoms with Gasteiger partial charge in [-0.15, -0.1) is 0 Å². The maximum absolute atomic E-state index is 12.4. The van der Waals surface area contributed by atoms with Crippen LogP contribution in [0.5, 0.6) is 0 Å². The van der Waals surface area contributed by atoms with Crippen LogP contribution in [0.15, 0.2) is 18.2 Å². The van der Waals surface area contributed by atoms with Crippen molar-refractivity contribution in [2.75, 3.05) is 24.5 Å². The zero-order valence-electron chi connectivity index (χ0n) is 13.1. The van der Waals surface area contributed by atoms with Crippen molar-refractivity contribution in [1.29, 1.82) is 5.26 Å². The molecule has 21 heavy (non-hydrogen) atoms. The minimum Gasteiger partial charge on any atom is -0.353 e. The molecule has 0 unspecified atom stereocenters. The van der Waals surface area contributed by atoms with E-state index in [2.05, 4.69) is 16.0 Å². The van der Waals surface area contributed by atoms with Crippen LogP contribution in [-0.2, 0) is 4.79 Å². The number of nitriles is 1. The first-order chi connectivity index (χ1) is 9.85. The van der Waals surface area contributed by atoms with Gasteiger partial charge in [-0.2, -0.15) is 5.26 Å². The van der Waals surface area contributed by atoms with Crippen molar-refractivity contribution in [2.24, 2.45) is 5.41 Å². The van der Waals surface area contributed by atoms with Crippen LogP contribution >= 0.6 is 0 Å². The summed E-state index contributed by atoms with van der Waals surface area (Å²) in [4.78, 5) is 21.0. The van der Waals surface area contributed by atoms with Gasteiger partial charge in [0.2, 0.25) is 5.91 Å². The second-order valence-electron chi connectivity index (χ2n) is 6.17. The highest BCUT2D eigenvalue weighted by atomic mass is 16.2. The number of carbonyl (C=O) groups is 1. The normalized spacial score (nSPS) is 19.3.